The van der Waals surface area contributed by atoms with Crippen molar-refractivity contribution in [3.05, 3.63) is 46.0 Å². The molecule has 1 heterocycles. The predicted octanol–water partition coefficient (Wildman–Crippen LogP) is 2.90. The lowest BCUT2D eigenvalue weighted by Gasteiger charge is -2.34. The van der Waals surface area contributed by atoms with Crippen LogP contribution in [0.3, 0.4) is 0 Å². The molecule has 6 nitrogen and oxygen atoms in total. The Hall–Kier alpha value is -2.41. The number of carbonyl (C=O) groups is 2. The zero-order valence-corrected chi connectivity index (χ0v) is 17.0. The third kappa shape index (κ3) is 3.56. The molecule has 1 aromatic heterocycles. The molecular formula is C20H24N2O4S. The molecule has 0 saturated heterocycles. The van der Waals surface area contributed by atoms with Gasteiger partial charge >= 0.3 is 11.9 Å². The van der Waals surface area contributed by atoms with Crippen LogP contribution in [-0.4, -0.2) is 45.2 Å². The second kappa shape index (κ2) is 7.68. The molecule has 144 valence electrons. The van der Waals surface area contributed by atoms with E-state index < -0.39 is 23.8 Å². The van der Waals surface area contributed by atoms with E-state index in [0.29, 0.717) is 6.42 Å². The summed E-state index contributed by atoms with van der Waals surface area (Å²) in [6.45, 7) is 2.02. The highest BCUT2D eigenvalue weighted by atomic mass is 32.1. The molecule has 27 heavy (non-hydrogen) atoms. The van der Waals surface area contributed by atoms with Gasteiger partial charge in [0.25, 0.3) is 0 Å². The lowest BCUT2D eigenvalue weighted by molar-refractivity contribution is -0.155. The molecule has 0 fully saturated rings. The molecule has 0 amide bonds. The van der Waals surface area contributed by atoms with Gasteiger partial charge in [-0.25, -0.2) is 4.98 Å². The number of methoxy groups -OCH3 is 2. The molecule has 1 aromatic carbocycles. The molecule has 0 bridgehead atoms. The van der Waals surface area contributed by atoms with Gasteiger partial charge < -0.3 is 14.4 Å². The van der Waals surface area contributed by atoms with Crippen molar-refractivity contribution in [3.63, 3.8) is 0 Å². The molecule has 0 saturated carbocycles. The molecule has 0 spiro atoms. The van der Waals surface area contributed by atoms with Gasteiger partial charge in [0.15, 0.2) is 5.13 Å². The van der Waals surface area contributed by atoms with Crippen LogP contribution in [0.1, 0.15) is 33.5 Å². The van der Waals surface area contributed by atoms with Crippen LogP contribution in [0.5, 0.6) is 0 Å². The molecular weight excluding hydrogens is 364 g/mol. The van der Waals surface area contributed by atoms with Gasteiger partial charge in [0.2, 0.25) is 0 Å². The molecule has 0 radical (unpaired) electrons. The lowest BCUT2D eigenvalue weighted by atomic mass is 9.70. The van der Waals surface area contributed by atoms with E-state index in [1.807, 2.05) is 50.2 Å². The van der Waals surface area contributed by atoms with E-state index in [1.54, 1.807) is 0 Å². The Balaban J connectivity index is 2.16. The number of ether oxygens (including phenoxy) is 2. The molecule has 1 aliphatic rings. The first-order valence-corrected chi connectivity index (χ1v) is 9.58. The number of benzene rings is 1. The normalized spacial score (nSPS) is 21.3. The fraction of sp³-hybridized carbons (Fsp3) is 0.450. The Morgan fingerprint density at radius 2 is 1.74 bits per heavy atom. The van der Waals surface area contributed by atoms with Crippen LogP contribution in [0.25, 0.3) is 0 Å². The van der Waals surface area contributed by atoms with Crippen LogP contribution >= 0.6 is 11.3 Å². The molecule has 2 aromatic rings. The Bertz CT molecular complexity index is 844. The van der Waals surface area contributed by atoms with Crippen LogP contribution < -0.4 is 4.90 Å². The number of aromatic nitrogens is 1. The highest BCUT2D eigenvalue weighted by Crippen LogP contribution is 2.48. The maximum Gasteiger partial charge on any atom is 0.314 e. The highest BCUT2D eigenvalue weighted by molar-refractivity contribution is 7.16. The number of aryl methyl sites for hydroxylation is 1. The van der Waals surface area contributed by atoms with Crippen LogP contribution in [-0.2, 0) is 25.5 Å². The first-order valence-electron chi connectivity index (χ1n) is 8.76. The van der Waals surface area contributed by atoms with E-state index in [4.69, 9.17) is 14.5 Å². The second-order valence-corrected chi connectivity index (χ2v) is 7.98. The molecule has 7 heteroatoms. The number of thiazole rings is 1. The minimum atomic E-state index is -0.719. The molecule has 1 aliphatic carbocycles. The van der Waals surface area contributed by atoms with Crippen LogP contribution in [0.4, 0.5) is 5.13 Å². The zero-order chi connectivity index (χ0) is 19.7. The van der Waals surface area contributed by atoms with Gasteiger partial charge in [0.1, 0.15) is 5.92 Å². The van der Waals surface area contributed by atoms with Crippen molar-refractivity contribution >= 4 is 28.4 Å². The molecule has 0 N–H and O–H groups in total. The number of hydrogen-bond donors (Lipinski definition) is 0. The smallest absolute Gasteiger partial charge is 0.314 e. The Labute approximate surface area is 163 Å². The molecule has 0 unspecified atom stereocenters. The topological polar surface area (TPSA) is 68.7 Å². The van der Waals surface area contributed by atoms with E-state index in [2.05, 4.69) is 0 Å². The summed E-state index contributed by atoms with van der Waals surface area (Å²) >= 11 is 1.43. The van der Waals surface area contributed by atoms with Crippen molar-refractivity contribution in [1.82, 2.24) is 4.98 Å². The monoisotopic (exact) mass is 388 g/mol. The average Bonchev–Trinajstić information content (AvgIpc) is 3.10. The van der Waals surface area contributed by atoms with Crippen molar-refractivity contribution in [1.29, 1.82) is 0 Å². The van der Waals surface area contributed by atoms with E-state index >= 15 is 0 Å². The van der Waals surface area contributed by atoms with Gasteiger partial charge in [0, 0.05) is 24.9 Å². The summed E-state index contributed by atoms with van der Waals surface area (Å²) in [6.07, 6.45) is 0.579. The minimum absolute atomic E-state index is 0.202. The maximum atomic E-state index is 12.7. The van der Waals surface area contributed by atoms with Gasteiger partial charge in [-0.15, -0.1) is 11.3 Å². The summed E-state index contributed by atoms with van der Waals surface area (Å²) in [5, 5.41) is 0.807. The summed E-state index contributed by atoms with van der Waals surface area (Å²) < 4.78 is 10.1. The van der Waals surface area contributed by atoms with Crippen LogP contribution in [0.2, 0.25) is 0 Å². The summed E-state index contributed by atoms with van der Waals surface area (Å²) in [7, 11) is 6.52. The average molecular weight is 388 g/mol. The van der Waals surface area contributed by atoms with Gasteiger partial charge in [-0.1, -0.05) is 29.8 Å². The van der Waals surface area contributed by atoms with Gasteiger partial charge in [-0.2, -0.15) is 0 Å². The fourth-order valence-corrected chi connectivity index (χ4v) is 4.77. The second-order valence-electron chi connectivity index (χ2n) is 6.97. The minimum Gasteiger partial charge on any atom is -0.469 e. The number of rotatable bonds is 4. The molecule has 3 rings (SSSR count). The first kappa shape index (κ1) is 19.4. The van der Waals surface area contributed by atoms with Crippen molar-refractivity contribution < 1.29 is 19.1 Å². The van der Waals surface area contributed by atoms with E-state index in [0.717, 1.165) is 26.8 Å². The lowest BCUT2D eigenvalue weighted by Crippen LogP contribution is -2.38. The van der Waals surface area contributed by atoms with E-state index in [-0.39, 0.29) is 5.92 Å². The number of nitrogens with zero attached hydrogens (tertiary/aromatic N) is 2. The number of carbonyl (C=O) groups excluding carboxylic acids is 2. The van der Waals surface area contributed by atoms with E-state index in [1.165, 1.54) is 25.6 Å². The fourth-order valence-electron chi connectivity index (χ4n) is 3.62. The molecule has 0 aliphatic heterocycles. The third-order valence-electron chi connectivity index (χ3n) is 5.02. The predicted molar refractivity (Wildman–Crippen MR) is 104 cm³/mol. The van der Waals surface area contributed by atoms with Crippen LogP contribution in [0, 0.1) is 12.8 Å². The summed E-state index contributed by atoms with van der Waals surface area (Å²) in [4.78, 5) is 32.9. The SMILES string of the molecule is COC(=O)[C@H]1[C@H](c2ccc(C)cc2)Cc2nc(N(C)C)sc2[C@@H]1C(=O)OC. The Morgan fingerprint density at radius 3 is 2.30 bits per heavy atom. The summed E-state index contributed by atoms with van der Waals surface area (Å²) in [5.74, 6) is -2.40. The number of fused-ring (bicyclic) bond motifs is 1. The van der Waals surface area contributed by atoms with Crippen molar-refractivity contribution in [3.8, 4) is 0 Å². The standard InChI is InChI=1S/C20H24N2O4S/c1-11-6-8-12(9-7-11)13-10-14-17(27-20(21-14)22(2)3)16(19(24)26-5)15(13)18(23)25-4/h6-9,13,15-16H,10H2,1-5H3/t13-,15-,16+/m0/s1. The highest BCUT2D eigenvalue weighted by Gasteiger charge is 2.48. The van der Waals surface area contributed by atoms with Gasteiger partial charge in [-0.3, -0.25) is 9.59 Å². The van der Waals surface area contributed by atoms with Crippen molar-refractivity contribution in [2.75, 3.05) is 33.2 Å². The first-order chi connectivity index (χ1) is 12.9. The van der Waals surface area contributed by atoms with E-state index in [9.17, 15) is 9.59 Å². The number of hydrogen-bond acceptors (Lipinski definition) is 7. The van der Waals surface area contributed by atoms with Gasteiger partial charge in [-0.05, 0) is 18.9 Å². The van der Waals surface area contributed by atoms with Crippen molar-refractivity contribution in [2.45, 2.75) is 25.2 Å². The summed E-state index contributed by atoms with van der Waals surface area (Å²) in [6, 6.07) is 8.04. The largest absolute Gasteiger partial charge is 0.469 e. The van der Waals surface area contributed by atoms with Crippen molar-refractivity contribution in [2.24, 2.45) is 5.92 Å². The molecule has 3 atom stereocenters. The van der Waals surface area contributed by atoms with Crippen LogP contribution in [0.15, 0.2) is 24.3 Å². The zero-order valence-electron chi connectivity index (χ0n) is 16.2. The number of anilines is 1. The Morgan fingerprint density at radius 1 is 1.11 bits per heavy atom. The summed E-state index contributed by atoms with van der Waals surface area (Å²) in [5.41, 5.74) is 2.98. The third-order valence-corrected chi connectivity index (χ3v) is 6.37. The maximum absolute atomic E-state index is 12.7. The Kier molecular flexibility index (Phi) is 5.51. The number of esters is 2. The van der Waals surface area contributed by atoms with Gasteiger partial charge in [0.05, 0.1) is 25.8 Å². The quantitative estimate of drug-likeness (QED) is 0.750.